The van der Waals surface area contributed by atoms with Crippen LogP contribution in [0.5, 0.6) is 0 Å². The molecule has 0 aromatic rings. The maximum atomic E-state index is 12.3. The molecule has 6 heteroatoms. The molecule has 1 saturated heterocycles. The summed E-state index contributed by atoms with van der Waals surface area (Å²) in [5.74, 6) is 0.191. The van der Waals surface area contributed by atoms with Crippen LogP contribution in [0.3, 0.4) is 0 Å². The summed E-state index contributed by atoms with van der Waals surface area (Å²) in [4.78, 5) is 26.2. The van der Waals surface area contributed by atoms with E-state index in [1.54, 1.807) is 11.8 Å². The minimum absolute atomic E-state index is 0.0212. The third-order valence-corrected chi connectivity index (χ3v) is 4.35. The number of carbonyl (C=O) groups is 2. The Morgan fingerprint density at radius 3 is 2.70 bits per heavy atom. The summed E-state index contributed by atoms with van der Waals surface area (Å²) >= 11 is 0. The van der Waals surface area contributed by atoms with Gasteiger partial charge in [-0.15, -0.1) is 0 Å². The molecule has 0 aromatic heterocycles. The molecule has 0 aromatic carbocycles. The Morgan fingerprint density at radius 2 is 2.05 bits per heavy atom. The third kappa shape index (κ3) is 3.49. The number of ether oxygens (including phenoxy) is 1. The van der Waals surface area contributed by atoms with Gasteiger partial charge in [0.25, 0.3) is 0 Å². The summed E-state index contributed by atoms with van der Waals surface area (Å²) in [6.07, 6.45) is 2.94. The van der Waals surface area contributed by atoms with E-state index in [0.29, 0.717) is 32.8 Å². The fourth-order valence-electron chi connectivity index (χ4n) is 3.10. The van der Waals surface area contributed by atoms with Crippen LogP contribution in [0, 0.1) is 11.8 Å². The first kappa shape index (κ1) is 15.3. The topological polar surface area (TPSA) is 84.7 Å². The van der Waals surface area contributed by atoms with Gasteiger partial charge in [-0.25, -0.2) is 0 Å². The van der Waals surface area contributed by atoms with E-state index in [1.165, 1.54) is 0 Å². The monoisotopic (exact) mass is 283 g/mol. The molecule has 1 aliphatic heterocycles. The predicted octanol–water partition coefficient (Wildman–Crippen LogP) is -0.275. The van der Waals surface area contributed by atoms with Crippen molar-refractivity contribution in [3.63, 3.8) is 0 Å². The molecule has 0 radical (unpaired) electrons. The molecule has 2 amide bonds. The van der Waals surface area contributed by atoms with Gasteiger partial charge in [0, 0.05) is 19.0 Å². The van der Waals surface area contributed by atoms with Gasteiger partial charge in [-0.05, 0) is 32.2 Å². The quantitative estimate of drug-likeness (QED) is 0.743. The Balaban J connectivity index is 1.85. The highest BCUT2D eigenvalue weighted by Gasteiger charge is 2.33. The Morgan fingerprint density at radius 1 is 1.35 bits per heavy atom. The summed E-state index contributed by atoms with van der Waals surface area (Å²) in [6.45, 7) is 4.66. The van der Waals surface area contributed by atoms with Crippen LogP contribution >= 0.6 is 0 Å². The van der Waals surface area contributed by atoms with Crippen LogP contribution < -0.4 is 11.1 Å². The Labute approximate surface area is 120 Å². The van der Waals surface area contributed by atoms with Crippen molar-refractivity contribution in [2.75, 3.05) is 32.8 Å². The second-order valence-electron chi connectivity index (χ2n) is 5.70. The molecule has 0 spiro atoms. The van der Waals surface area contributed by atoms with E-state index in [1.807, 2.05) is 0 Å². The first-order valence-electron chi connectivity index (χ1n) is 7.50. The number of carbonyl (C=O) groups excluding carboxylic acids is 2. The molecule has 20 heavy (non-hydrogen) atoms. The fraction of sp³-hybridized carbons (Fsp3) is 0.857. The summed E-state index contributed by atoms with van der Waals surface area (Å²) in [5, 5.41) is 2.86. The lowest BCUT2D eigenvalue weighted by Crippen LogP contribution is -2.51. The zero-order chi connectivity index (χ0) is 14.5. The van der Waals surface area contributed by atoms with Crippen LogP contribution in [0.4, 0.5) is 0 Å². The summed E-state index contributed by atoms with van der Waals surface area (Å²) < 4.78 is 5.23. The van der Waals surface area contributed by atoms with Crippen molar-refractivity contribution in [1.29, 1.82) is 0 Å². The molecule has 2 fully saturated rings. The number of nitrogens with one attached hydrogen (secondary N) is 1. The molecule has 3 N–H and O–H groups in total. The Kier molecular flexibility index (Phi) is 5.37. The van der Waals surface area contributed by atoms with Crippen LogP contribution in [0.25, 0.3) is 0 Å². The van der Waals surface area contributed by atoms with E-state index < -0.39 is 6.04 Å². The van der Waals surface area contributed by atoms with Crippen LogP contribution in [-0.2, 0) is 14.3 Å². The molecule has 0 bridgehead atoms. The second-order valence-corrected chi connectivity index (χ2v) is 5.70. The number of nitrogens with two attached hydrogens (primary N) is 1. The molecule has 1 heterocycles. The number of amides is 2. The molecule has 3 atom stereocenters. The smallest absolute Gasteiger partial charge is 0.245 e. The van der Waals surface area contributed by atoms with Gasteiger partial charge in [-0.2, -0.15) is 0 Å². The van der Waals surface area contributed by atoms with Gasteiger partial charge >= 0.3 is 0 Å². The molecule has 2 aliphatic rings. The van der Waals surface area contributed by atoms with E-state index in [4.69, 9.17) is 10.5 Å². The maximum absolute atomic E-state index is 12.3. The zero-order valence-electron chi connectivity index (χ0n) is 12.1. The lowest BCUT2D eigenvalue weighted by atomic mass is 9.95. The van der Waals surface area contributed by atoms with Gasteiger partial charge in [0.15, 0.2) is 0 Å². The first-order valence-corrected chi connectivity index (χ1v) is 7.50. The van der Waals surface area contributed by atoms with Gasteiger partial charge < -0.3 is 20.7 Å². The van der Waals surface area contributed by atoms with Crippen LogP contribution in [0.1, 0.15) is 26.2 Å². The van der Waals surface area contributed by atoms with Gasteiger partial charge in [0.05, 0.1) is 13.2 Å². The Hall–Kier alpha value is -1.14. The molecule has 1 aliphatic carbocycles. The highest BCUT2D eigenvalue weighted by molar-refractivity contribution is 5.88. The van der Waals surface area contributed by atoms with Crippen molar-refractivity contribution in [3.8, 4) is 0 Å². The standard InChI is InChI=1S/C14H25N3O3/c1-10(14(19)17-5-7-20-8-6-17)16-13(18)12-4-2-3-11(12)9-15/h10-12H,2-9,15H2,1H3,(H,16,18)/t10?,11-,12-/m1/s1. The fourth-order valence-corrected chi connectivity index (χ4v) is 3.10. The lowest BCUT2D eigenvalue weighted by molar-refractivity contribution is -0.140. The van der Waals surface area contributed by atoms with Gasteiger partial charge in [-0.3, -0.25) is 9.59 Å². The number of morpholine rings is 1. The molecular weight excluding hydrogens is 258 g/mol. The second kappa shape index (κ2) is 7.04. The van der Waals surface area contributed by atoms with Gasteiger partial charge in [0.2, 0.25) is 11.8 Å². The van der Waals surface area contributed by atoms with Crippen molar-refractivity contribution >= 4 is 11.8 Å². The molecule has 2 rings (SSSR count). The van der Waals surface area contributed by atoms with E-state index in [-0.39, 0.29) is 23.7 Å². The number of hydrogen-bond acceptors (Lipinski definition) is 4. The van der Waals surface area contributed by atoms with Crippen molar-refractivity contribution in [1.82, 2.24) is 10.2 Å². The molecule has 114 valence electrons. The minimum Gasteiger partial charge on any atom is -0.378 e. The lowest BCUT2D eigenvalue weighted by Gasteiger charge is -2.30. The van der Waals surface area contributed by atoms with Gasteiger partial charge in [-0.1, -0.05) is 6.42 Å². The molecule has 6 nitrogen and oxygen atoms in total. The van der Waals surface area contributed by atoms with E-state index in [0.717, 1.165) is 19.3 Å². The van der Waals surface area contributed by atoms with Crippen LogP contribution in [0.2, 0.25) is 0 Å². The number of hydrogen-bond donors (Lipinski definition) is 2. The maximum Gasteiger partial charge on any atom is 0.245 e. The van der Waals surface area contributed by atoms with Gasteiger partial charge in [0.1, 0.15) is 6.04 Å². The van der Waals surface area contributed by atoms with E-state index >= 15 is 0 Å². The van der Waals surface area contributed by atoms with Crippen LogP contribution in [0.15, 0.2) is 0 Å². The third-order valence-electron chi connectivity index (χ3n) is 4.35. The summed E-state index contributed by atoms with van der Waals surface area (Å²) in [7, 11) is 0. The van der Waals surface area contributed by atoms with Crippen molar-refractivity contribution in [2.24, 2.45) is 17.6 Å². The predicted molar refractivity (Wildman–Crippen MR) is 74.9 cm³/mol. The van der Waals surface area contributed by atoms with Crippen molar-refractivity contribution in [2.45, 2.75) is 32.2 Å². The van der Waals surface area contributed by atoms with Crippen LogP contribution in [-0.4, -0.2) is 55.6 Å². The molecular formula is C14H25N3O3. The first-order chi connectivity index (χ1) is 9.63. The minimum atomic E-state index is -0.473. The SMILES string of the molecule is CC(NC(=O)[C@@H]1CCC[C@@H]1CN)C(=O)N1CCOCC1. The average molecular weight is 283 g/mol. The van der Waals surface area contributed by atoms with E-state index in [9.17, 15) is 9.59 Å². The molecule has 1 unspecified atom stereocenters. The summed E-state index contributed by atoms with van der Waals surface area (Å²) in [6, 6.07) is -0.473. The highest BCUT2D eigenvalue weighted by atomic mass is 16.5. The molecule has 1 saturated carbocycles. The number of rotatable bonds is 4. The van der Waals surface area contributed by atoms with Crippen molar-refractivity contribution in [3.05, 3.63) is 0 Å². The van der Waals surface area contributed by atoms with E-state index in [2.05, 4.69) is 5.32 Å². The number of nitrogens with zero attached hydrogens (tertiary/aromatic N) is 1. The average Bonchev–Trinajstić information content (AvgIpc) is 2.95. The van der Waals surface area contributed by atoms with Crippen molar-refractivity contribution < 1.29 is 14.3 Å². The Bertz CT molecular complexity index is 356. The normalized spacial score (nSPS) is 28.2. The zero-order valence-corrected chi connectivity index (χ0v) is 12.1. The summed E-state index contributed by atoms with van der Waals surface area (Å²) in [5.41, 5.74) is 5.70. The highest BCUT2D eigenvalue weighted by Crippen LogP contribution is 2.31. The largest absolute Gasteiger partial charge is 0.378 e.